The van der Waals surface area contributed by atoms with Gasteiger partial charge in [-0.15, -0.1) is 5.10 Å². The van der Waals surface area contributed by atoms with Crippen LogP contribution in [0.3, 0.4) is 0 Å². The van der Waals surface area contributed by atoms with Gasteiger partial charge in [0.15, 0.2) is 0 Å². The van der Waals surface area contributed by atoms with Gasteiger partial charge in [0.05, 0.1) is 5.69 Å². The summed E-state index contributed by atoms with van der Waals surface area (Å²) in [6.07, 6.45) is 4.72. The number of hydrogen-bond acceptors (Lipinski definition) is 4. The number of nitrogens with zero attached hydrogens (tertiary/aromatic N) is 3. The maximum absolute atomic E-state index is 9.30. The highest BCUT2D eigenvalue weighted by molar-refractivity contribution is 5.47. The largest absolute Gasteiger partial charge is 0.437 e. The van der Waals surface area contributed by atoms with Crippen LogP contribution in [0.2, 0.25) is 0 Å². The molecule has 0 N–H and O–H groups in total. The highest BCUT2D eigenvalue weighted by Gasteiger charge is 2.15. The van der Waals surface area contributed by atoms with Crippen LogP contribution in [0.25, 0.3) is 0 Å². The number of rotatable bonds is 2. The number of fused-ring (bicyclic) bond motifs is 1. The van der Waals surface area contributed by atoms with Gasteiger partial charge >= 0.3 is 0 Å². The van der Waals surface area contributed by atoms with Crippen LogP contribution in [0.15, 0.2) is 18.2 Å². The second-order valence-electron chi connectivity index (χ2n) is 5.44. The van der Waals surface area contributed by atoms with Crippen molar-refractivity contribution in [3.8, 4) is 17.7 Å². The molecule has 0 bridgehead atoms. The fourth-order valence-electron chi connectivity index (χ4n) is 2.67. The Bertz CT molecular complexity index is 732. The minimum absolute atomic E-state index is 0.288. The summed E-state index contributed by atoms with van der Waals surface area (Å²) in [7, 11) is 0. The maximum Gasteiger partial charge on any atom is 0.257 e. The molecule has 21 heavy (non-hydrogen) atoms. The van der Waals surface area contributed by atoms with Crippen LogP contribution in [0.5, 0.6) is 11.6 Å². The molecule has 1 aliphatic carbocycles. The minimum atomic E-state index is 0.288. The minimum Gasteiger partial charge on any atom is -0.437 e. The van der Waals surface area contributed by atoms with Crippen molar-refractivity contribution >= 4 is 0 Å². The van der Waals surface area contributed by atoms with Gasteiger partial charge in [-0.05, 0) is 68.4 Å². The Morgan fingerprint density at radius 1 is 1.10 bits per heavy atom. The van der Waals surface area contributed by atoms with Crippen molar-refractivity contribution in [2.75, 3.05) is 0 Å². The van der Waals surface area contributed by atoms with E-state index in [0.29, 0.717) is 5.56 Å². The van der Waals surface area contributed by atoms with Gasteiger partial charge in [-0.3, -0.25) is 0 Å². The van der Waals surface area contributed by atoms with E-state index in [0.717, 1.165) is 29.8 Å². The number of benzene rings is 1. The van der Waals surface area contributed by atoms with Crippen molar-refractivity contribution in [1.29, 1.82) is 5.26 Å². The SMILES string of the molecule is Cc1nnc(Oc2ccc3c(c2)CCCC3)c(C#N)c1C. The van der Waals surface area contributed by atoms with Crippen LogP contribution >= 0.6 is 0 Å². The molecule has 0 aliphatic heterocycles. The molecule has 4 heteroatoms. The van der Waals surface area contributed by atoms with Crippen molar-refractivity contribution in [1.82, 2.24) is 10.2 Å². The molecule has 0 amide bonds. The standard InChI is InChI=1S/C17H17N3O/c1-11-12(2)19-20-17(16(11)10-18)21-15-8-7-13-5-3-4-6-14(13)9-15/h7-9H,3-6H2,1-2H3. The summed E-state index contributed by atoms with van der Waals surface area (Å²) in [4.78, 5) is 0. The molecule has 0 fully saturated rings. The fourth-order valence-corrected chi connectivity index (χ4v) is 2.67. The van der Waals surface area contributed by atoms with Gasteiger partial charge in [0, 0.05) is 0 Å². The lowest BCUT2D eigenvalue weighted by molar-refractivity contribution is 0.450. The normalized spacial score (nSPS) is 13.4. The summed E-state index contributed by atoms with van der Waals surface area (Å²) in [5.41, 5.74) is 4.78. The number of aromatic nitrogens is 2. The Morgan fingerprint density at radius 3 is 2.62 bits per heavy atom. The lowest BCUT2D eigenvalue weighted by atomic mass is 9.92. The van der Waals surface area contributed by atoms with Gasteiger partial charge in [0.2, 0.25) is 0 Å². The molecule has 2 aromatic rings. The second kappa shape index (κ2) is 5.53. The molecule has 0 saturated carbocycles. The Labute approximate surface area is 124 Å². The van der Waals surface area contributed by atoms with E-state index in [1.165, 1.54) is 24.0 Å². The number of nitriles is 1. The van der Waals surface area contributed by atoms with Crippen molar-refractivity contribution < 1.29 is 4.74 Å². The summed E-state index contributed by atoms with van der Waals surface area (Å²) < 4.78 is 5.81. The zero-order chi connectivity index (χ0) is 14.8. The summed E-state index contributed by atoms with van der Waals surface area (Å²) in [5, 5.41) is 17.4. The molecule has 1 heterocycles. The predicted molar refractivity (Wildman–Crippen MR) is 79.4 cm³/mol. The summed E-state index contributed by atoms with van der Waals surface area (Å²) in [5.74, 6) is 1.01. The van der Waals surface area contributed by atoms with Crippen molar-refractivity contribution in [2.45, 2.75) is 39.5 Å². The van der Waals surface area contributed by atoms with Crippen molar-refractivity contribution in [2.24, 2.45) is 0 Å². The van der Waals surface area contributed by atoms with Gasteiger partial charge in [-0.1, -0.05) is 6.07 Å². The van der Waals surface area contributed by atoms with Crippen LogP contribution in [-0.4, -0.2) is 10.2 Å². The van der Waals surface area contributed by atoms with Crippen LogP contribution in [0, 0.1) is 25.2 Å². The average Bonchev–Trinajstić information content (AvgIpc) is 2.51. The van der Waals surface area contributed by atoms with E-state index in [9.17, 15) is 5.26 Å². The molecule has 1 aromatic heterocycles. The molecular weight excluding hydrogens is 262 g/mol. The van der Waals surface area contributed by atoms with Gasteiger partial charge < -0.3 is 4.74 Å². The van der Waals surface area contributed by atoms with E-state index in [1.807, 2.05) is 19.9 Å². The van der Waals surface area contributed by atoms with E-state index >= 15 is 0 Å². The van der Waals surface area contributed by atoms with Gasteiger partial charge in [0.25, 0.3) is 5.88 Å². The number of ether oxygens (including phenoxy) is 1. The Hall–Kier alpha value is -2.41. The van der Waals surface area contributed by atoms with E-state index in [-0.39, 0.29) is 5.88 Å². The molecule has 3 rings (SSSR count). The molecule has 4 nitrogen and oxygen atoms in total. The fraction of sp³-hybridized carbons (Fsp3) is 0.353. The van der Waals surface area contributed by atoms with Crippen molar-refractivity contribution in [3.63, 3.8) is 0 Å². The maximum atomic E-state index is 9.30. The molecule has 0 unspecified atom stereocenters. The van der Waals surface area contributed by atoms with Crippen LogP contribution in [0.4, 0.5) is 0 Å². The van der Waals surface area contributed by atoms with Crippen LogP contribution in [-0.2, 0) is 12.8 Å². The topological polar surface area (TPSA) is 58.8 Å². The highest BCUT2D eigenvalue weighted by Crippen LogP contribution is 2.29. The number of hydrogen-bond donors (Lipinski definition) is 0. The van der Waals surface area contributed by atoms with E-state index < -0.39 is 0 Å². The van der Waals surface area contributed by atoms with Gasteiger partial charge in [-0.2, -0.15) is 10.4 Å². The molecule has 0 spiro atoms. The third-order valence-electron chi connectivity index (χ3n) is 4.07. The molecule has 1 aromatic carbocycles. The zero-order valence-corrected chi connectivity index (χ0v) is 12.3. The van der Waals surface area contributed by atoms with E-state index in [4.69, 9.17) is 4.74 Å². The smallest absolute Gasteiger partial charge is 0.257 e. The molecule has 1 aliphatic rings. The zero-order valence-electron chi connectivity index (χ0n) is 12.3. The van der Waals surface area contributed by atoms with Crippen LogP contribution in [0.1, 0.15) is 40.8 Å². The Morgan fingerprint density at radius 2 is 1.86 bits per heavy atom. The average molecular weight is 279 g/mol. The van der Waals surface area contributed by atoms with Crippen LogP contribution < -0.4 is 4.74 Å². The summed E-state index contributed by atoms with van der Waals surface area (Å²) >= 11 is 0. The van der Waals surface area contributed by atoms with E-state index in [2.05, 4.69) is 28.4 Å². The Balaban J connectivity index is 1.94. The molecule has 0 atom stereocenters. The first-order valence-electron chi connectivity index (χ1n) is 7.22. The number of aryl methyl sites for hydroxylation is 3. The quantitative estimate of drug-likeness (QED) is 0.842. The monoisotopic (exact) mass is 279 g/mol. The molecule has 0 saturated heterocycles. The van der Waals surface area contributed by atoms with Crippen molar-refractivity contribution in [3.05, 3.63) is 46.1 Å². The predicted octanol–water partition coefficient (Wildman–Crippen LogP) is 3.64. The summed E-state index contributed by atoms with van der Waals surface area (Å²) in [6, 6.07) is 8.28. The van der Waals surface area contributed by atoms with Gasteiger partial charge in [-0.25, -0.2) is 0 Å². The first-order chi connectivity index (χ1) is 10.2. The van der Waals surface area contributed by atoms with Gasteiger partial charge in [0.1, 0.15) is 17.4 Å². The first-order valence-corrected chi connectivity index (χ1v) is 7.22. The third-order valence-corrected chi connectivity index (χ3v) is 4.07. The lowest BCUT2D eigenvalue weighted by Gasteiger charge is -2.16. The molecule has 106 valence electrons. The molecule has 0 radical (unpaired) electrons. The third kappa shape index (κ3) is 2.59. The highest BCUT2D eigenvalue weighted by atomic mass is 16.5. The lowest BCUT2D eigenvalue weighted by Crippen LogP contribution is -2.04. The first kappa shape index (κ1) is 13.6. The Kier molecular flexibility index (Phi) is 3.57. The second-order valence-corrected chi connectivity index (χ2v) is 5.44. The van der Waals surface area contributed by atoms with E-state index in [1.54, 1.807) is 0 Å². The molecular formula is C17H17N3O. The summed E-state index contributed by atoms with van der Waals surface area (Å²) in [6.45, 7) is 3.70.